The minimum Gasteiger partial charge on any atom is -0.354 e. The van der Waals surface area contributed by atoms with Gasteiger partial charge in [0.15, 0.2) is 0 Å². The van der Waals surface area contributed by atoms with Gasteiger partial charge in [-0.25, -0.2) is 0 Å². The van der Waals surface area contributed by atoms with Gasteiger partial charge < -0.3 is 5.32 Å². The second-order valence-corrected chi connectivity index (χ2v) is 5.05. The molecule has 3 heteroatoms. The van der Waals surface area contributed by atoms with E-state index in [9.17, 15) is 4.79 Å². The van der Waals surface area contributed by atoms with E-state index in [-0.39, 0.29) is 17.9 Å². The van der Waals surface area contributed by atoms with Crippen molar-refractivity contribution in [3.8, 4) is 0 Å². The lowest BCUT2D eigenvalue weighted by molar-refractivity contribution is -0.125. The summed E-state index contributed by atoms with van der Waals surface area (Å²) in [5.41, 5.74) is 0. The third-order valence-corrected chi connectivity index (χ3v) is 3.69. The Morgan fingerprint density at radius 3 is 2.69 bits per heavy atom. The minimum absolute atomic E-state index is 0.256. The van der Waals surface area contributed by atoms with Crippen LogP contribution in [0.25, 0.3) is 0 Å². The summed E-state index contributed by atoms with van der Waals surface area (Å²) in [5, 5.41) is 3.55. The molecule has 2 nitrogen and oxygen atoms in total. The van der Waals surface area contributed by atoms with E-state index >= 15 is 0 Å². The summed E-state index contributed by atoms with van der Waals surface area (Å²) < 4.78 is 0. The van der Waals surface area contributed by atoms with Gasteiger partial charge in [0, 0.05) is 17.2 Å². The summed E-state index contributed by atoms with van der Waals surface area (Å²) in [4.78, 5) is 11.7. The molecule has 0 aromatic rings. The first-order valence-electron chi connectivity index (χ1n) is 4.98. The van der Waals surface area contributed by atoms with Crippen LogP contribution in [-0.4, -0.2) is 23.5 Å². The van der Waals surface area contributed by atoms with Crippen molar-refractivity contribution < 1.29 is 4.79 Å². The van der Waals surface area contributed by atoms with Crippen molar-refractivity contribution in [1.82, 2.24) is 5.32 Å². The molecule has 0 spiro atoms. The maximum absolute atomic E-state index is 11.7. The second kappa shape index (κ2) is 4.89. The van der Waals surface area contributed by atoms with Gasteiger partial charge in [-0.2, -0.15) is 11.8 Å². The smallest absolute Gasteiger partial charge is 0.224 e. The van der Waals surface area contributed by atoms with Crippen molar-refractivity contribution in [3.05, 3.63) is 0 Å². The van der Waals surface area contributed by atoms with Gasteiger partial charge in [-0.05, 0) is 32.9 Å². The highest BCUT2D eigenvalue weighted by Gasteiger charge is 2.32. The van der Waals surface area contributed by atoms with Gasteiger partial charge in [0.05, 0.1) is 0 Å². The van der Waals surface area contributed by atoms with Crippen LogP contribution in [0.3, 0.4) is 0 Å². The summed E-state index contributed by atoms with van der Waals surface area (Å²) in [7, 11) is 0. The van der Waals surface area contributed by atoms with Crippen molar-refractivity contribution in [2.75, 3.05) is 6.26 Å². The Bertz CT molecular complexity index is 182. The van der Waals surface area contributed by atoms with Gasteiger partial charge in [-0.1, -0.05) is 6.42 Å². The van der Waals surface area contributed by atoms with Crippen LogP contribution in [0, 0.1) is 5.92 Å². The molecule has 13 heavy (non-hydrogen) atoms. The molecule has 1 amide bonds. The monoisotopic (exact) mass is 201 g/mol. The van der Waals surface area contributed by atoms with Crippen LogP contribution in [0.2, 0.25) is 0 Å². The number of thioether (sulfide) groups is 1. The standard InChI is InChI=1S/C10H19NOS/c1-7(2)11-10(12)8-5-4-6-9(8)13-3/h7-9H,4-6H2,1-3H3,(H,11,12). The molecule has 1 N–H and O–H groups in total. The summed E-state index contributed by atoms with van der Waals surface area (Å²) >= 11 is 1.84. The highest BCUT2D eigenvalue weighted by atomic mass is 32.2. The van der Waals surface area contributed by atoms with Gasteiger partial charge >= 0.3 is 0 Å². The van der Waals surface area contributed by atoms with Crippen LogP contribution in [0.4, 0.5) is 0 Å². The van der Waals surface area contributed by atoms with Crippen LogP contribution in [0.15, 0.2) is 0 Å². The molecule has 0 bridgehead atoms. The van der Waals surface area contributed by atoms with E-state index in [4.69, 9.17) is 0 Å². The third-order valence-electron chi connectivity index (χ3n) is 2.52. The van der Waals surface area contributed by atoms with Crippen LogP contribution >= 0.6 is 11.8 Å². The fourth-order valence-corrected chi connectivity index (χ4v) is 2.89. The lowest BCUT2D eigenvalue weighted by Crippen LogP contribution is -2.37. The van der Waals surface area contributed by atoms with Crippen LogP contribution in [0.1, 0.15) is 33.1 Å². The summed E-state index contributed by atoms with van der Waals surface area (Å²) in [6.07, 6.45) is 5.59. The molecule has 0 heterocycles. The van der Waals surface area contributed by atoms with Crippen LogP contribution in [0.5, 0.6) is 0 Å². The Kier molecular flexibility index (Phi) is 4.10. The van der Waals surface area contributed by atoms with Gasteiger partial charge in [-0.15, -0.1) is 0 Å². The molecule has 0 aromatic heterocycles. The zero-order chi connectivity index (χ0) is 9.84. The first kappa shape index (κ1) is 10.9. The average Bonchev–Trinajstić information content (AvgIpc) is 2.49. The quantitative estimate of drug-likeness (QED) is 0.757. The zero-order valence-electron chi connectivity index (χ0n) is 8.67. The predicted molar refractivity (Wildman–Crippen MR) is 57.9 cm³/mol. The summed E-state index contributed by atoms with van der Waals surface area (Å²) in [5.74, 6) is 0.518. The SMILES string of the molecule is CSC1CCCC1C(=O)NC(C)C. The molecule has 2 unspecified atom stereocenters. The molecule has 1 fully saturated rings. The van der Waals surface area contributed by atoms with E-state index < -0.39 is 0 Å². The number of carbonyl (C=O) groups excluding carboxylic acids is 1. The highest BCUT2D eigenvalue weighted by Crippen LogP contribution is 2.33. The van der Waals surface area contributed by atoms with E-state index in [2.05, 4.69) is 11.6 Å². The maximum Gasteiger partial charge on any atom is 0.224 e. The topological polar surface area (TPSA) is 29.1 Å². The molecule has 1 aliphatic carbocycles. The van der Waals surface area contributed by atoms with Crippen molar-refractivity contribution in [1.29, 1.82) is 0 Å². The van der Waals surface area contributed by atoms with Crippen LogP contribution < -0.4 is 5.32 Å². The van der Waals surface area contributed by atoms with Gasteiger partial charge in [0.1, 0.15) is 0 Å². The molecule has 2 atom stereocenters. The lowest BCUT2D eigenvalue weighted by Gasteiger charge is -2.18. The molecule has 1 aliphatic rings. The fraction of sp³-hybridized carbons (Fsp3) is 0.900. The largest absolute Gasteiger partial charge is 0.354 e. The van der Waals surface area contributed by atoms with Crippen molar-refractivity contribution in [2.45, 2.75) is 44.4 Å². The minimum atomic E-state index is 0.256. The summed E-state index contributed by atoms with van der Waals surface area (Å²) in [6, 6.07) is 0.274. The van der Waals surface area contributed by atoms with E-state index in [0.29, 0.717) is 5.25 Å². The molecule has 1 saturated carbocycles. The second-order valence-electron chi connectivity index (χ2n) is 3.97. The number of rotatable bonds is 3. The number of hydrogen-bond acceptors (Lipinski definition) is 2. The normalized spacial score (nSPS) is 28.0. The summed E-state index contributed by atoms with van der Waals surface area (Å²) in [6.45, 7) is 4.03. The van der Waals surface area contributed by atoms with Crippen LogP contribution in [-0.2, 0) is 4.79 Å². The highest BCUT2D eigenvalue weighted by molar-refractivity contribution is 7.99. The number of hydrogen-bond donors (Lipinski definition) is 1. The number of amides is 1. The van der Waals surface area contributed by atoms with E-state index in [1.165, 1.54) is 12.8 Å². The third kappa shape index (κ3) is 2.90. The first-order valence-corrected chi connectivity index (χ1v) is 6.27. The predicted octanol–water partition coefficient (Wildman–Crippen LogP) is 2.04. The van der Waals surface area contributed by atoms with Crippen molar-refractivity contribution in [2.24, 2.45) is 5.92 Å². The van der Waals surface area contributed by atoms with Crippen molar-refractivity contribution >= 4 is 17.7 Å². The Morgan fingerprint density at radius 1 is 1.46 bits per heavy atom. The molecule has 0 radical (unpaired) electrons. The Hall–Kier alpha value is -0.180. The molecular formula is C10H19NOS. The van der Waals surface area contributed by atoms with E-state index in [1.807, 2.05) is 25.6 Å². The molecule has 0 saturated heterocycles. The fourth-order valence-electron chi connectivity index (χ4n) is 1.90. The zero-order valence-corrected chi connectivity index (χ0v) is 9.49. The van der Waals surface area contributed by atoms with E-state index in [0.717, 1.165) is 6.42 Å². The average molecular weight is 201 g/mol. The Labute approximate surface area is 84.9 Å². The van der Waals surface area contributed by atoms with E-state index in [1.54, 1.807) is 0 Å². The molecular weight excluding hydrogens is 182 g/mol. The Morgan fingerprint density at radius 2 is 2.15 bits per heavy atom. The molecule has 0 aliphatic heterocycles. The molecule has 0 aromatic carbocycles. The Balaban J connectivity index is 2.45. The maximum atomic E-state index is 11.7. The molecule has 76 valence electrons. The van der Waals surface area contributed by atoms with Gasteiger partial charge in [0.25, 0.3) is 0 Å². The van der Waals surface area contributed by atoms with Gasteiger partial charge in [0.2, 0.25) is 5.91 Å². The molecule has 1 rings (SSSR count). The number of nitrogens with one attached hydrogen (secondary N) is 1. The first-order chi connectivity index (χ1) is 6.15. The number of carbonyl (C=O) groups is 1. The van der Waals surface area contributed by atoms with Crippen molar-refractivity contribution in [3.63, 3.8) is 0 Å². The lowest BCUT2D eigenvalue weighted by atomic mass is 10.1. The van der Waals surface area contributed by atoms with Gasteiger partial charge in [-0.3, -0.25) is 4.79 Å².